The molecule has 1 aromatic carbocycles. The summed E-state index contributed by atoms with van der Waals surface area (Å²) in [6, 6.07) is 2.51. The molecule has 2 fully saturated rings. The van der Waals surface area contributed by atoms with Gasteiger partial charge in [-0.2, -0.15) is 13.2 Å². The second-order valence-electron chi connectivity index (χ2n) is 15.1. The van der Waals surface area contributed by atoms with Crippen molar-refractivity contribution in [1.82, 2.24) is 15.0 Å². The number of hydrogen-bond acceptors (Lipinski definition) is 7. The quantitative estimate of drug-likeness (QED) is 0.229. The van der Waals surface area contributed by atoms with Crippen molar-refractivity contribution in [2.45, 2.75) is 115 Å². The second kappa shape index (κ2) is 13.9. The lowest BCUT2D eigenvalue weighted by molar-refractivity contribution is -0.137. The van der Waals surface area contributed by atoms with E-state index >= 15 is 4.39 Å². The van der Waals surface area contributed by atoms with E-state index in [2.05, 4.69) is 9.97 Å². The average Bonchev–Trinajstić information content (AvgIpc) is 3.04. The number of halogens is 6. The summed E-state index contributed by atoms with van der Waals surface area (Å²) < 4.78 is 90.2. The van der Waals surface area contributed by atoms with Gasteiger partial charge in [-0.05, 0) is 85.6 Å². The molecule has 1 saturated carbocycles. The van der Waals surface area contributed by atoms with Crippen molar-refractivity contribution in [1.29, 1.82) is 0 Å². The molecule has 0 radical (unpaired) electrons. The van der Waals surface area contributed by atoms with Crippen molar-refractivity contribution in [2.24, 2.45) is 5.41 Å². The number of hydrogen-bond donors (Lipinski definition) is 2. The van der Waals surface area contributed by atoms with Crippen molar-refractivity contribution in [3.05, 3.63) is 75.6 Å². The van der Waals surface area contributed by atoms with Gasteiger partial charge in [-0.25, -0.2) is 23.1 Å². The number of piperidine rings is 1. The Morgan fingerprint density at radius 3 is 2.26 bits per heavy atom. The number of aromatic nitrogens is 3. The molecule has 13 heteroatoms. The molecule has 7 nitrogen and oxygen atoms in total. The monoisotopic (exact) mass is 706 g/mol. The molecular weight excluding hydrogens is 662 g/mol. The maximum Gasteiger partial charge on any atom is 0.416 e. The van der Waals surface area contributed by atoms with Gasteiger partial charge in [0.15, 0.2) is 5.75 Å². The van der Waals surface area contributed by atoms with Gasteiger partial charge in [0.25, 0.3) is 0 Å². The highest BCUT2D eigenvalue weighted by atomic mass is 19.4. The van der Waals surface area contributed by atoms with E-state index in [1.165, 1.54) is 0 Å². The number of rotatable bonds is 8. The molecule has 2 aromatic heterocycles. The molecular formula is C37H44F6N4O3. The molecule has 0 spiro atoms. The first kappa shape index (κ1) is 36.3. The van der Waals surface area contributed by atoms with Gasteiger partial charge in [-0.3, -0.25) is 4.98 Å². The van der Waals surface area contributed by atoms with Crippen LogP contribution in [0, 0.1) is 11.2 Å². The Labute approximate surface area is 288 Å². The van der Waals surface area contributed by atoms with Gasteiger partial charge < -0.3 is 19.8 Å². The zero-order chi connectivity index (χ0) is 36.0. The molecule has 0 amide bonds. The Morgan fingerprint density at radius 2 is 1.66 bits per heavy atom. The zero-order valence-electron chi connectivity index (χ0n) is 28.5. The Kier molecular flexibility index (Phi) is 10.1. The van der Waals surface area contributed by atoms with E-state index in [9.17, 15) is 32.2 Å². The van der Waals surface area contributed by atoms with E-state index in [0.29, 0.717) is 79.1 Å². The van der Waals surface area contributed by atoms with Crippen molar-refractivity contribution >= 4 is 5.95 Å². The van der Waals surface area contributed by atoms with Crippen LogP contribution in [0.3, 0.4) is 0 Å². The number of pyridine rings is 1. The van der Waals surface area contributed by atoms with Crippen LogP contribution in [-0.2, 0) is 19.0 Å². The molecule has 0 unspecified atom stereocenters. The van der Waals surface area contributed by atoms with Gasteiger partial charge in [0.2, 0.25) is 11.9 Å². The van der Waals surface area contributed by atoms with Crippen LogP contribution < -0.4 is 9.64 Å². The van der Waals surface area contributed by atoms with Crippen LogP contribution in [0.1, 0.15) is 123 Å². The molecule has 50 heavy (non-hydrogen) atoms. The Morgan fingerprint density at radius 1 is 1.00 bits per heavy atom. The molecule has 1 aliphatic heterocycles. The average molecular weight is 707 g/mol. The minimum atomic E-state index is -4.71. The molecule has 3 aromatic rings. The Bertz CT molecular complexity index is 1660. The van der Waals surface area contributed by atoms with Gasteiger partial charge in [0, 0.05) is 55.2 Å². The highest BCUT2D eigenvalue weighted by molar-refractivity contribution is 5.50. The summed E-state index contributed by atoms with van der Waals surface area (Å²) in [4.78, 5) is 16.1. The third-order valence-electron chi connectivity index (χ3n) is 10.4. The van der Waals surface area contributed by atoms with Crippen LogP contribution in [0.15, 0.2) is 30.6 Å². The van der Waals surface area contributed by atoms with Crippen molar-refractivity contribution < 1.29 is 41.3 Å². The fourth-order valence-corrected chi connectivity index (χ4v) is 7.88. The van der Waals surface area contributed by atoms with E-state index in [1.807, 2.05) is 18.7 Å². The summed E-state index contributed by atoms with van der Waals surface area (Å²) in [5.41, 5.74) is 2.07. The summed E-state index contributed by atoms with van der Waals surface area (Å²) in [5.74, 6) is -3.32. The number of alkyl halides is 5. The predicted molar refractivity (Wildman–Crippen MR) is 175 cm³/mol. The number of aliphatic hydroxyl groups is 2. The largest absolute Gasteiger partial charge is 0.488 e. The molecule has 2 atom stereocenters. The van der Waals surface area contributed by atoms with Gasteiger partial charge in [-0.1, -0.05) is 19.9 Å². The summed E-state index contributed by atoms with van der Waals surface area (Å²) in [6.07, 6.45) is -1.29. The van der Waals surface area contributed by atoms with E-state index in [1.54, 1.807) is 19.3 Å². The maximum absolute atomic E-state index is 15.5. The van der Waals surface area contributed by atoms with E-state index < -0.39 is 35.7 Å². The van der Waals surface area contributed by atoms with Crippen molar-refractivity contribution in [2.75, 3.05) is 24.6 Å². The molecule has 0 bridgehead atoms. The second-order valence-corrected chi connectivity index (χ2v) is 15.1. The van der Waals surface area contributed by atoms with Gasteiger partial charge in [0.1, 0.15) is 12.4 Å². The van der Waals surface area contributed by atoms with Crippen LogP contribution in [0.2, 0.25) is 0 Å². The first-order chi connectivity index (χ1) is 23.5. The lowest BCUT2D eigenvalue weighted by Gasteiger charge is -2.40. The maximum atomic E-state index is 15.5. The normalized spacial score (nSPS) is 21.9. The SMILES string of the molecule is C[C@H](O)COc1cnc(N2CCC(c3nc4c(c(C5CCC(F)(F)CC5)c3Cc3ccc(C(F)(F)F)cc3F)[C@@H](O)CC(C)(C)C4)CC2)nc1. The highest BCUT2D eigenvalue weighted by Gasteiger charge is 2.42. The molecule has 3 aliphatic rings. The highest BCUT2D eigenvalue weighted by Crippen LogP contribution is 2.50. The first-order valence-corrected chi connectivity index (χ1v) is 17.3. The van der Waals surface area contributed by atoms with E-state index in [4.69, 9.17) is 9.72 Å². The van der Waals surface area contributed by atoms with Crippen LogP contribution in [0.5, 0.6) is 5.75 Å². The lowest BCUT2D eigenvalue weighted by atomic mass is 9.68. The molecule has 2 aliphatic carbocycles. The molecule has 1 saturated heterocycles. The van der Waals surface area contributed by atoms with Gasteiger partial charge >= 0.3 is 6.18 Å². The van der Waals surface area contributed by atoms with Crippen LogP contribution in [0.4, 0.5) is 32.3 Å². The summed E-state index contributed by atoms with van der Waals surface area (Å²) in [7, 11) is 0. The number of ether oxygens (including phenoxy) is 1. The van der Waals surface area contributed by atoms with Crippen molar-refractivity contribution in [3.8, 4) is 5.75 Å². The molecule has 272 valence electrons. The fraction of sp³-hybridized carbons (Fsp3) is 0.595. The lowest BCUT2D eigenvalue weighted by Crippen LogP contribution is -2.36. The summed E-state index contributed by atoms with van der Waals surface area (Å²) in [6.45, 7) is 6.94. The first-order valence-electron chi connectivity index (χ1n) is 17.3. The summed E-state index contributed by atoms with van der Waals surface area (Å²) in [5, 5.41) is 21.1. The molecule has 3 heterocycles. The summed E-state index contributed by atoms with van der Waals surface area (Å²) >= 11 is 0. The number of benzene rings is 1. The number of nitrogens with zero attached hydrogens (tertiary/aromatic N) is 4. The van der Waals surface area contributed by atoms with Gasteiger partial charge in [0.05, 0.1) is 30.2 Å². The van der Waals surface area contributed by atoms with E-state index in [0.717, 1.165) is 17.7 Å². The van der Waals surface area contributed by atoms with E-state index in [-0.39, 0.29) is 61.5 Å². The molecule has 6 rings (SSSR count). The topological polar surface area (TPSA) is 91.6 Å². The predicted octanol–water partition coefficient (Wildman–Crippen LogP) is 8.06. The Balaban J connectivity index is 1.39. The van der Waals surface area contributed by atoms with Crippen molar-refractivity contribution in [3.63, 3.8) is 0 Å². The molecule has 2 N–H and O–H groups in total. The zero-order valence-corrected chi connectivity index (χ0v) is 28.5. The standard InChI is InChI=1S/C37H44F6N4O3/c1-21(48)20-50-26-18-44-34(45-19-26)47-12-8-23(9-13-47)33-27(14-24-4-5-25(15-28(24)38)37(41,42)43)31(22-6-10-36(39,40)11-7-22)32-29(46-33)16-35(2,3)17-30(32)49/h4-5,15,18-19,21-23,30,48-49H,6-14,16-17,20H2,1-3H3/t21-,30-/m0/s1. The third kappa shape index (κ3) is 8.03. The fourth-order valence-electron chi connectivity index (χ4n) is 7.88. The third-order valence-corrected chi connectivity index (χ3v) is 10.4. The number of aliphatic hydroxyl groups excluding tert-OH is 2. The number of anilines is 1. The minimum Gasteiger partial charge on any atom is -0.488 e. The smallest absolute Gasteiger partial charge is 0.416 e. The van der Waals surface area contributed by atoms with Crippen LogP contribution >= 0.6 is 0 Å². The Hall–Kier alpha value is -3.45. The van der Waals surface area contributed by atoms with Crippen LogP contribution in [0.25, 0.3) is 0 Å². The minimum absolute atomic E-state index is 0.0535. The van der Waals surface area contributed by atoms with Gasteiger partial charge in [-0.15, -0.1) is 0 Å². The number of fused-ring (bicyclic) bond motifs is 1. The van der Waals surface area contributed by atoms with Crippen LogP contribution in [-0.4, -0.2) is 56.9 Å².